The largest absolute Gasteiger partial charge is 0.394 e. The Morgan fingerprint density at radius 3 is 2.68 bits per heavy atom. The van der Waals surface area contributed by atoms with E-state index in [1.54, 1.807) is 0 Å². The summed E-state index contributed by atoms with van der Waals surface area (Å²) in [6.45, 7) is 6.28. The van der Waals surface area contributed by atoms with Crippen molar-refractivity contribution in [2.24, 2.45) is 0 Å². The molecule has 3 rings (SSSR count). The van der Waals surface area contributed by atoms with Crippen molar-refractivity contribution in [3.63, 3.8) is 0 Å². The third-order valence-electron chi connectivity index (χ3n) is 4.56. The van der Waals surface area contributed by atoms with Crippen LogP contribution in [0.3, 0.4) is 0 Å². The van der Waals surface area contributed by atoms with Gasteiger partial charge in [0.1, 0.15) is 0 Å². The minimum atomic E-state index is 0.878. The van der Waals surface area contributed by atoms with Crippen LogP contribution in [0.5, 0.6) is 0 Å². The molecule has 0 unspecified atom stereocenters. The van der Waals surface area contributed by atoms with Crippen LogP contribution in [0.2, 0.25) is 0 Å². The zero-order chi connectivity index (χ0) is 17.8. The molecule has 0 saturated heterocycles. The van der Waals surface area contributed by atoms with Gasteiger partial charge in [0.05, 0.1) is 11.4 Å². The van der Waals surface area contributed by atoms with Crippen molar-refractivity contribution in [3.8, 4) is 0 Å². The minimum absolute atomic E-state index is 0.878. The van der Waals surface area contributed by atoms with Gasteiger partial charge in [0.25, 0.3) is 0 Å². The summed E-state index contributed by atoms with van der Waals surface area (Å²) in [5.41, 5.74) is 8.28. The number of hydrogen-bond acceptors (Lipinski definition) is 2. The SMILES string of the molecule is C=C1c2[nH]ccc2C(C(=C/C)/C(=C\NC)Cc2ccccc2)=CN1C. The Morgan fingerprint density at radius 1 is 1.24 bits per heavy atom. The molecule has 2 N–H and O–H groups in total. The van der Waals surface area contributed by atoms with Crippen molar-refractivity contribution in [1.82, 2.24) is 15.2 Å². The lowest BCUT2D eigenvalue weighted by molar-refractivity contribution is 0.650. The predicted molar refractivity (Wildman–Crippen MR) is 107 cm³/mol. The van der Waals surface area contributed by atoms with E-state index in [4.69, 9.17) is 0 Å². The highest BCUT2D eigenvalue weighted by Crippen LogP contribution is 2.38. The van der Waals surface area contributed by atoms with Crippen molar-refractivity contribution in [2.45, 2.75) is 13.3 Å². The van der Waals surface area contributed by atoms with Crippen molar-refractivity contribution in [2.75, 3.05) is 14.1 Å². The Balaban J connectivity index is 2.02. The zero-order valence-electron chi connectivity index (χ0n) is 15.1. The zero-order valence-corrected chi connectivity index (χ0v) is 15.1. The smallest absolute Gasteiger partial charge is 0.0695 e. The third-order valence-corrected chi connectivity index (χ3v) is 4.56. The molecule has 1 aromatic carbocycles. The van der Waals surface area contributed by atoms with Crippen LogP contribution >= 0.6 is 0 Å². The fourth-order valence-corrected chi connectivity index (χ4v) is 3.29. The maximum atomic E-state index is 4.18. The molecule has 0 atom stereocenters. The van der Waals surface area contributed by atoms with Crippen LogP contribution < -0.4 is 5.32 Å². The van der Waals surface area contributed by atoms with Crippen LogP contribution in [-0.4, -0.2) is 24.0 Å². The Bertz CT molecular complexity index is 850. The lowest BCUT2D eigenvalue weighted by Gasteiger charge is -2.27. The summed E-state index contributed by atoms with van der Waals surface area (Å²) in [5, 5.41) is 3.21. The minimum Gasteiger partial charge on any atom is -0.394 e. The number of nitrogens with zero attached hydrogens (tertiary/aromatic N) is 1. The van der Waals surface area contributed by atoms with Gasteiger partial charge < -0.3 is 15.2 Å². The van der Waals surface area contributed by atoms with E-state index < -0.39 is 0 Å². The molecule has 0 amide bonds. The van der Waals surface area contributed by atoms with Crippen LogP contribution in [0.1, 0.15) is 23.7 Å². The summed E-state index contributed by atoms with van der Waals surface area (Å²) < 4.78 is 0. The highest BCUT2D eigenvalue weighted by molar-refractivity contribution is 5.91. The van der Waals surface area contributed by atoms with Crippen molar-refractivity contribution in [3.05, 3.63) is 95.6 Å². The molecule has 0 aliphatic carbocycles. The summed E-state index contributed by atoms with van der Waals surface area (Å²) in [6, 6.07) is 12.7. The van der Waals surface area contributed by atoms with E-state index in [1.807, 2.05) is 20.3 Å². The number of nitrogens with one attached hydrogen (secondary N) is 2. The summed E-state index contributed by atoms with van der Waals surface area (Å²) in [7, 11) is 3.99. The molecule has 0 radical (unpaired) electrons. The first-order valence-electron chi connectivity index (χ1n) is 8.54. The van der Waals surface area contributed by atoms with E-state index in [2.05, 4.69) is 83.6 Å². The number of hydrogen-bond donors (Lipinski definition) is 2. The molecule has 2 aromatic rings. The van der Waals surface area contributed by atoms with Gasteiger partial charge >= 0.3 is 0 Å². The molecule has 2 heterocycles. The average molecular weight is 331 g/mol. The fraction of sp³-hybridized carbons (Fsp3) is 0.182. The fourth-order valence-electron chi connectivity index (χ4n) is 3.29. The molecule has 1 aliphatic rings. The topological polar surface area (TPSA) is 31.1 Å². The Morgan fingerprint density at radius 2 is 2.00 bits per heavy atom. The van der Waals surface area contributed by atoms with Gasteiger partial charge in [-0.05, 0) is 36.1 Å². The standard InChI is InChI=1S/C22H25N3/c1-5-19(18(14-23-3)13-17-9-7-6-8-10-17)21-15-25(4)16(2)22-20(21)11-12-24-22/h5-12,14-15,23-24H,2,13H2,1,3-4H3/b18-14-,19-5+. The molecular weight excluding hydrogens is 306 g/mol. The summed E-state index contributed by atoms with van der Waals surface area (Å²) in [5.74, 6) is 0. The number of rotatable bonds is 5. The maximum absolute atomic E-state index is 4.18. The number of allylic oxidation sites excluding steroid dienone is 4. The van der Waals surface area contributed by atoms with E-state index in [9.17, 15) is 0 Å². The van der Waals surface area contributed by atoms with Gasteiger partial charge in [-0.1, -0.05) is 43.0 Å². The summed E-state index contributed by atoms with van der Waals surface area (Å²) in [6.07, 6.45) is 9.32. The number of aromatic amines is 1. The first-order chi connectivity index (χ1) is 12.2. The van der Waals surface area contributed by atoms with Gasteiger partial charge in [0.2, 0.25) is 0 Å². The molecule has 0 fully saturated rings. The molecule has 128 valence electrons. The van der Waals surface area contributed by atoms with Crippen molar-refractivity contribution in [1.29, 1.82) is 0 Å². The first kappa shape index (κ1) is 16.9. The lowest BCUT2D eigenvalue weighted by Crippen LogP contribution is -2.16. The van der Waals surface area contributed by atoms with Crippen LogP contribution in [0.15, 0.2) is 78.8 Å². The van der Waals surface area contributed by atoms with Crippen LogP contribution in [0, 0.1) is 0 Å². The second-order valence-corrected chi connectivity index (χ2v) is 6.19. The number of aromatic nitrogens is 1. The molecule has 1 aliphatic heterocycles. The second kappa shape index (κ2) is 7.31. The number of benzene rings is 1. The van der Waals surface area contributed by atoms with E-state index >= 15 is 0 Å². The lowest BCUT2D eigenvalue weighted by atomic mass is 9.88. The van der Waals surface area contributed by atoms with Crippen LogP contribution in [0.25, 0.3) is 11.3 Å². The maximum Gasteiger partial charge on any atom is 0.0695 e. The number of fused-ring (bicyclic) bond motifs is 1. The van der Waals surface area contributed by atoms with Gasteiger partial charge in [0, 0.05) is 43.8 Å². The van der Waals surface area contributed by atoms with Gasteiger partial charge in [-0.3, -0.25) is 0 Å². The normalized spacial score (nSPS) is 15.1. The van der Waals surface area contributed by atoms with Crippen molar-refractivity contribution < 1.29 is 0 Å². The Labute approximate surface area is 150 Å². The average Bonchev–Trinajstić information content (AvgIpc) is 3.11. The van der Waals surface area contributed by atoms with Crippen LogP contribution in [-0.2, 0) is 6.42 Å². The molecular formula is C22H25N3. The number of H-pyrrole nitrogens is 1. The molecule has 0 spiro atoms. The highest BCUT2D eigenvalue weighted by Gasteiger charge is 2.23. The molecule has 1 aromatic heterocycles. The van der Waals surface area contributed by atoms with E-state index in [0.29, 0.717) is 0 Å². The van der Waals surface area contributed by atoms with E-state index in [-0.39, 0.29) is 0 Å². The van der Waals surface area contributed by atoms with E-state index in [1.165, 1.54) is 27.8 Å². The summed E-state index contributed by atoms with van der Waals surface area (Å²) in [4.78, 5) is 5.40. The van der Waals surface area contributed by atoms with E-state index in [0.717, 1.165) is 17.8 Å². The van der Waals surface area contributed by atoms with Gasteiger partial charge in [-0.2, -0.15) is 0 Å². The van der Waals surface area contributed by atoms with Gasteiger partial charge in [-0.25, -0.2) is 0 Å². The van der Waals surface area contributed by atoms with Gasteiger partial charge in [0.15, 0.2) is 0 Å². The molecule has 3 nitrogen and oxygen atoms in total. The Hall–Kier alpha value is -2.94. The monoisotopic (exact) mass is 331 g/mol. The van der Waals surface area contributed by atoms with Gasteiger partial charge in [-0.15, -0.1) is 0 Å². The van der Waals surface area contributed by atoms with Crippen molar-refractivity contribution >= 4 is 11.3 Å². The Kier molecular flexibility index (Phi) is 4.94. The van der Waals surface area contributed by atoms with Crippen LogP contribution in [0.4, 0.5) is 0 Å². The molecule has 0 bridgehead atoms. The second-order valence-electron chi connectivity index (χ2n) is 6.19. The first-order valence-corrected chi connectivity index (χ1v) is 8.54. The molecule has 3 heteroatoms. The quantitative estimate of drug-likeness (QED) is 0.787. The molecule has 25 heavy (non-hydrogen) atoms. The molecule has 0 saturated carbocycles. The summed E-state index contributed by atoms with van der Waals surface area (Å²) >= 11 is 0. The highest BCUT2D eigenvalue weighted by atomic mass is 15.1. The third kappa shape index (κ3) is 3.31. The predicted octanol–water partition coefficient (Wildman–Crippen LogP) is 4.56.